The van der Waals surface area contributed by atoms with Gasteiger partial charge in [0, 0.05) is 16.9 Å². The van der Waals surface area contributed by atoms with Gasteiger partial charge in [0.2, 0.25) is 0 Å². The normalized spacial score (nSPS) is 14.3. The number of esters is 1. The van der Waals surface area contributed by atoms with Crippen LogP contribution in [0.4, 0.5) is 0 Å². The average molecular weight is 560 g/mol. The van der Waals surface area contributed by atoms with Crippen LogP contribution in [0.5, 0.6) is 0 Å². The fraction of sp³-hybridized carbons (Fsp3) is 0.556. The van der Waals surface area contributed by atoms with Crippen molar-refractivity contribution < 1.29 is 18.7 Å². The maximum absolute atomic E-state index is 14.1. The molecule has 0 aliphatic heterocycles. The first-order chi connectivity index (χ1) is 19.9. The van der Waals surface area contributed by atoms with Gasteiger partial charge in [0.05, 0.1) is 17.2 Å². The zero-order valence-corrected chi connectivity index (χ0v) is 25.7. The summed E-state index contributed by atoms with van der Waals surface area (Å²) in [5.74, 6) is 0.592. The van der Waals surface area contributed by atoms with E-state index < -0.39 is 0 Å². The van der Waals surface area contributed by atoms with Gasteiger partial charge in [-0.1, -0.05) is 70.2 Å². The molecule has 0 atom stereocenters. The molecule has 0 radical (unpaired) electrons. The van der Waals surface area contributed by atoms with Gasteiger partial charge in [-0.15, -0.1) is 0 Å². The third-order valence-corrected chi connectivity index (χ3v) is 8.31. The van der Waals surface area contributed by atoms with Gasteiger partial charge in [-0.2, -0.15) is 0 Å². The van der Waals surface area contributed by atoms with E-state index in [0.29, 0.717) is 27.7 Å². The third kappa shape index (κ3) is 8.31. The van der Waals surface area contributed by atoms with Crippen LogP contribution in [-0.4, -0.2) is 42.4 Å². The van der Waals surface area contributed by atoms with Gasteiger partial charge in [-0.05, 0) is 95.8 Å². The maximum atomic E-state index is 14.1. The first-order valence-corrected chi connectivity index (χ1v) is 16.0. The molecule has 1 aliphatic rings. The van der Waals surface area contributed by atoms with Crippen LogP contribution in [0, 0.1) is 0 Å². The molecule has 0 N–H and O–H groups in total. The lowest BCUT2D eigenvalue weighted by molar-refractivity contribution is 0.0378. The standard InChI is InChI=1S/C36H49NO4/c1-5-7-22-37(23-8-6-2)24-12-13-27-16-18-28(19-17-27)34(38)33-31-25-30(36(39)40-26(3)4)20-21-32(31)41-35(33)29-14-10-9-11-15-29/h16-21,25-26,29H,5-15,22-24H2,1-4H3. The maximum Gasteiger partial charge on any atom is 0.338 e. The molecule has 1 heterocycles. The van der Waals surface area contributed by atoms with Gasteiger partial charge in [0.15, 0.2) is 5.78 Å². The lowest BCUT2D eigenvalue weighted by atomic mass is 9.84. The minimum atomic E-state index is -0.381. The van der Waals surface area contributed by atoms with Crippen LogP contribution < -0.4 is 0 Å². The van der Waals surface area contributed by atoms with Gasteiger partial charge in [-0.25, -0.2) is 4.79 Å². The summed E-state index contributed by atoms with van der Waals surface area (Å²) in [6.07, 6.45) is 12.4. The van der Waals surface area contributed by atoms with Crippen LogP contribution in [0.25, 0.3) is 11.0 Å². The van der Waals surface area contributed by atoms with Gasteiger partial charge in [-0.3, -0.25) is 4.79 Å². The van der Waals surface area contributed by atoms with Gasteiger partial charge < -0.3 is 14.1 Å². The van der Waals surface area contributed by atoms with Crippen molar-refractivity contribution in [3.63, 3.8) is 0 Å². The number of ketones is 1. The Morgan fingerprint density at radius 1 is 0.878 bits per heavy atom. The Bertz CT molecular complexity index is 1260. The topological polar surface area (TPSA) is 59.8 Å². The number of furan rings is 1. The fourth-order valence-corrected chi connectivity index (χ4v) is 5.98. The van der Waals surface area contributed by atoms with Gasteiger partial charge in [0.25, 0.3) is 0 Å². The highest BCUT2D eigenvalue weighted by molar-refractivity contribution is 6.17. The highest BCUT2D eigenvalue weighted by Crippen LogP contribution is 2.40. The number of unbranched alkanes of at least 4 members (excludes halogenated alkanes) is 2. The van der Waals surface area contributed by atoms with Gasteiger partial charge >= 0.3 is 5.97 Å². The second kappa shape index (κ2) is 15.3. The molecule has 222 valence electrons. The number of aryl methyl sites for hydroxylation is 1. The molecule has 3 aromatic rings. The first kappa shape index (κ1) is 31.0. The largest absolute Gasteiger partial charge is 0.460 e. The molecule has 5 nitrogen and oxygen atoms in total. The Morgan fingerprint density at radius 3 is 2.15 bits per heavy atom. The number of benzene rings is 2. The summed E-state index contributed by atoms with van der Waals surface area (Å²) in [5.41, 5.74) is 3.63. The van der Waals surface area contributed by atoms with Crippen molar-refractivity contribution in [2.75, 3.05) is 19.6 Å². The minimum Gasteiger partial charge on any atom is -0.460 e. The SMILES string of the molecule is CCCCN(CCCC)CCCc1ccc(C(=O)c2c(C3CCCCC3)oc3ccc(C(=O)OC(C)C)cc23)cc1. The van der Waals surface area contributed by atoms with E-state index in [1.54, 1.807) is 12.1 Å². The van der Waals surface area contributed by atoms with Crippen LogP contribution in [0.1, 0.15) is 135 Å². The van der Waals surface area contributed by atoms with Crippen LogP contribution in [0.3, 0.4) is 0 Å². The molecule has 0 spiro atoms. The summed E-state index contributed by atoms with van der Waals surface area (Å²) in [6.45, 7) is 11.7. The number of nitrogens with zero attached hydrogens (tertiary/aromatic N) is 1. The second-order valence-corrected chi connectivity index (χ2v) is 12.0. The zero-order chi connectivity index (χ0) is 29.2. The molecular weight excluding hydrogens is 510 g/mol. The number of carbonyl (C=O) groups is 2. The molecule has 0 saturated heterocycles. The highest BCUT2D eigenvalue weighted by atomic mass is 16.5. The van der Waals surface area contributed by atoms with Crippen molar-refractivity contribution in [3.8, 4) is 0 Å². The summed E-state index contributed by atoms with van der Waals surface area (Å²) >= 11 is 0. The summed E-state index contributed by atoms with van der Waals surface area (Å²) in [4.78, 5) is 29.4. The van der Waals surface area contributed by atoms with E-state index >= 15 is 0 Å². The summed E-state index contributed by atoms with van der Waals surface area (Å²) in [7, 11) is 0. The van der Waals surface area contributed by atoms with Crippen molar-refractivity contribution in [2.24, 2.45) is 0 Å². The van der Waals surface area contributed by atoms with Gasteiger partial charge in [0.1, 0.15) is 11.3 Å². The van der Waals surface area contributed by atoms with Crippen molar-refractivity contribution in [2.45, 2.75) is 110 Å². The van der Waals surface area contributed by atoms with Crippen molar-refractivity contribution in [3.05, 3.63) is 70.5 Å². The number of ether oxygens (including phenoxy) is 1. The molecule has 1 aromatic heterocycles. The van der Waals surface area contributed by atoms with E-state index in [-0.39, 0.29) is 23.8 Å². The number of hydrogen-bond donors (Lipinski definition) is 0. The van der Waals surface area contributed by atoms with E-state index in [0.717, 1.165) is 50.8 Å². The smallest absolute Gasteiger partial charge is 0.338 e. The third-order valence-electron chi connectivity index (χ3n) is 8.31. The van der Waals surface area contributed by atoms with Crippen molar-refractivity contribution in [1.29, 1.82) is 0 Å². The summed E-state index contributed by atoms with van der Waals surface area (Å²) in [5, 5.41) is 0.706. The second-order valence-electron chi connectivity index (χ2n) is 12.0. The van der Waals surface area contributed by atoms with Crippen LogP contribution >= 0.6 is 0 Å². The average Bonchev–Trinajstić information content (AvgIpc) is 3.37. The molecule has 41 heavy (non-hydrogen) atoms. The minimum absolute atomic E-state index is 0.0319. The Kier molecular flexibility index (Phi) is 11.6. The van der Waals surface area contributed by atoms with Crippen LogP contribution in [0.2, 0.25) is 0 Å². The van der Waals surface area contributed by atoms with E-state index in [1.807, 2.05) is 32.0 Å². The van der Waals surface area contributed by atoms with E-state index in [9.17, 15) is 9.59 Å². The predicted molar refractivity (Wildman–Crippen MR) is 167 cm³/mol. The molecule has 5 heteroatoms. The molecule has 1 aliphatic carbocycles. The first-order valence-electron chi connectivity index (χ1n) is 16.0. The summed E-state index contributed by atoms with van der Waals surface area (Å²) < 4.78 is 11.8. The summed E-state index contributed by atoms with van der Waals surface area (Å²) in [6, 6.07) is 13.4. The molecular formula is C36H49NO4. The Hall–Kier alpha value is -2.92. The number of hydrogen-bond acceptors (Lipinski definition) is 5. The molecule has 0 amide bonds. The predicted octanol–water partition coefficient (Wildman–Crippen LogP) is 9.11. The molecule has 1 fully saturated rings. The Labute approximate surface area is 246 Å². The highest BCUT2D eigenvalue weighted by Gasteiger charge is 2.29. The zero-order valence-electron chi connectivity index (χ0n) is 25.7. The lowest BCUT2D eigenvalue weighted by Crippen LogP contribution is -2.27. The monoisotopic (exact) mass is 559 g/mol. The molecule has 0 unspecified atom stereocenters. The van der Waals surface area contributed by atoms with E-state index in [4.69, 9.17) is 9.15 Å². The number of rotatable bonds is 15. The molecule has 0 bridgehead atoms. The van der Waals surface area contributed by atoms with E-state index in [1.165, 1.54) is 50.8 Å². The van der Waals surface area contributed by atoms with Crippen molar-refractivity contribution in [1.82, 2.24) is 4.90 Å². The molecule has 1 saturated carbocycles. The fourth-order valence-electron chi connectivity index (χ4n) is 5.98. The Morgan fingerprint density at radius 2 is 1.51 bits per heavy atom. The molecule has 2 aromatic carbocycles. The number of carbonyl (C=O) groups excluding carboxylic acids is 2. The quantitative estimate of drug-likeness (QED) is 0.137. The van der Waals surface area contributed by atoms with E-state index in [2.05, 4.69) is 30.9 Å². The van der Waals surface area contributed by atoms with Crippen LogP contribution in [-0.2, 0) is 11.2 Å². The lowest BCUT2D eigenvalue weighted by Gasteiger charge is -2.21. The van der Waals surface area contributed by atoms with Crippen molar-refractivity contribution >= 4 is 22.7 Å². The Balaban J connectivity index is 1.54. The van der Waals surface area contributed by atoms with Crippen LogP contribution in [0.15, 0.2) is 46.9 Å². The number of fused-ring (bicyclic) bond motifs is 1. The molecule has 4 rings (SSSR count).